The van der Waals surface area contributed by atoms with Crippen LogP contribution in [0, 0.1) is 11.3 Å². The number of allylic oxidation sites excluding steroid dienone is 1. The van der Waals surface area contributed by atoms with Crippen LogP contribution in [0.25, 0.3) is 0 Å². The molecule has 0 aliphatic carbocycles. The number of rotatable bonds is 6. The van der Waals surface area contributed by atoms with Crippen molar-refractivity contribution in [1.29, 1.82) is 5.26 Å². The first-order valence-electron chi connectivity index (χ1n) is 6.92. The number of nitriles is 1. The number of ether oxygens (including phenoxy) is 1. The first kappa shape index (κ1) is 17.9. The Morgan fingerprint density at radius 1 is 1.12 bits per heavy atom. The van der Waals surface area contributed by atoms with Crippen LogP contribution in [0.5, 0.6) is 5.75 Å². The normalized spacial score (nSPS) is 12.0. The van der Waals surface area contributed by atoms with Gasteiger partial charge in [0.05, 0.1) is 12.0 Å². The predicted octanol–water partition coefficient (Wildman–Crippen LogP) is 3.64. The fourth-order valence-electron chi connectivity index (χ4n) is 1.96. The molecule has 0 unspecified atom stereocenters. The van der Waals surface area contributed by atoms with Crippen LogP contribution in [0.2, 0.25) is 0 Å². The SMILES string of the molecule is COc1ccc(N/C(SC)=C(/C#N)S(=O)(=O)c2ccccc2)cc1. The lowest BCUT2D eigenvalue weighted by Gasteiger charge is -2.12. The second-order valence-electron chi connectivity index (χ2n) is 4.64. The maximum atomic E-state index is 12.7. The average Bonchev–Trinajstić information content (AvgIpc) is 2.62. The van der Waals surface area contributed by atoms with Crippen LogP contribution >= 0.6 is 11.8 Å². The number of anilines is 1. The summed E-state index contributed by atoms with van der Waals surface area (Å²) in [6.07, 6.45) is 1.71. The van der Waals surface area contributed by atoms with E-state index in [2.05, 4.69) is 5.32 Å². The Morgan fingerprint density at radius 2 is 1.75 bits per heavy atom. The second kappa shape index (κ2) is 7.90. The van der Waals surface area contributed by atoms with E-state index in [4.69, 9.17) is 4.74 Å². The highest BCUT2D eigenvalue weighted by atomic mass is 32.2. The van der Waals surface area contributed by atoms with Gasteiger partial charge in [0.2, 0.25) is 9.84 Å². The summed E-state index contributed by atoms with van der Waals surface area (Å²) in [4.78, 5) is -0.221. The molecule has 0 saturated heterocycles. The van der Waals surface area contributed by atoms with E-state index < -0.39 is 9.84 Å². The van der Waals surface area contributed by atoms with Crippen LogP contribution in [0.4, 0.5) is 5.69 Å². The summed E-state index contributed by atoms with van der Waals surface area (Å²) in [5.41, 5.74) is 0.663. The molecule has 0 aromatic heterocycles. The van der Waals surface area contributed by atoms with Crippen molar-refractivity contribution in [3.8, 4) is 11.8 Å². The molecular formula is C17H16N2O3S2. The van der Waals surface area contributed by atoms with Gasteiger partial charge in [-0.1, -0.05) is 18.2 Å². The van der Waals surface area contributed by atoms with E-state index in [1.807, 2.05) is 6.07 Å². The lowest BCUT2D eigenvalue weighted by Crippen LogP contribution is -2.09. The highest BCUT2D eigenvalue weighted by Crippen LogP contribution is 2.28. The minimum Gasteiger partial charge on any atom is -0.497 e. The van der Waals surface area contributed by atoms with Crippen molar-refractivity contribution in [2.24, 2.45) is 0 Å². The summed E-state index contributed by atoms with van der Waals surface area (Å²) in [5.74, 6) is 0.688. The molecule has 0 radical (unpaired) electrons. The molecule has 0 aliphatic heterocycles. The molecule has 7 heteroatoms. The van der Waals surface area contributed by atoms with Gasteiger partial charge in [-0.3, -0.25) is 0 Å². The van der Waals surface area contributed by atoms with Crippen molar-refractivity contribution in [2.75, 3.05) is 18.7 Å². The fraction of sp³-hybridized carbons (Fsp3) is 0.118. The molecule has 0 fully saturated rings. The van der Waals surface area contributed by atoms with Crippen molar-refractivity contribution in [1.82, 2.24) is 0 Å². The number of thioether (sulfide) groups is 1. The van der Waals surface area contributed by atoms with Gasteiger partial charge >= 0.3 is 0 Å². The molecule has 0 amide bonds. The summed E-state index contributed by atoms with van der Waals surface area (Å²) in [5, 5.41) is 12.7. The topological polar surface area (TPSA) is 79.2 Å². The highest BCUT2D eigenvalue weighted by Gasteiger charge is 2.24. The van der Waals surface area contributed by atoms with Crippen LogP contribution < -0.4 is 10.1 Å². The Hall–Kier alpha value is -2.43. The molecule has 2 rings (SSSR count). The van der Waals surface area contributed by atoms with Crippen LogP contribution in [0.1, 0.15) is 0 Å². The van der Waals surface area contributed by atoms with Gasteiger partial charge in [-0.25, -0.2) is 8.42 Å². The minimum absolute atomic E-state index is 0.0876. The molecule has 0 bridgehead atoms. The molecule has 2 aromatic rings. The number of methoxy groups -OCH3 is 1. The first-order valence-corrected chi connectivity index (χ1v) is 9.63. The van der Waals surface area contributed by atoms with Gasteiger partial charge in [-0.2, -0.15) is 5.26 Å². The summed E-state index contributed by atoms with van der Waals surface area (Å²) < 4.78 is 30.5. The van der Waals surface area contributed by atoms with Gasteiger partial charge in [-0.05, 0) is 42.7 Å². The number of benzene rings is 2. The van der Waals surface area contributed by atoms with E-state index >= 15 is 0 Å². The Kier molecular flexibility index (Phi) is 5.90. The maximum Gasteiger partial charge on any atom is 0.219 e. The Bertz CT molecular complexity index is 868. The van der Waals surface area contributed by atoms with Gasteiger partial charge in [-0.15, -0.1) is 11.8 Å². The van der Waals surface area contributed by atoms with E-state index in [1.54, 1.807) is 55.8 Å². The van der Waals surface area contributed by atoms with E-state index in [0.29, 0.717) is 11.4 Å². The zero-order valence-electron chi connectivity index (χ0n) is 13.2. The maximum absolute atomic E-state index is 12.7. The third kappa shape index (κ3) is 3.91. The number of nitrogens with one attached hydrogen (secondary N) is 1. The van der Waals surface area contributed by atoms with Gasteiger partial charge in [0.15, 0.2) is 4.91 Å². The third-order valence-corrected chi connectivity index (χ3v) is 5.75. The summed E-state index contributed by atoms with van der Waals surface area (Å²) >= 11 is 1.16. The lowest BCUT2D eigenvalue weighted by molar-refractivity contribution is 0.415. The second-order valence-corrected chi connectivity index (χ2v) is 7.35. The van der Waals surface area contributed by atoms with E-state index in [0.717, 1.165) is 11.8 Å². The van der Waals surface area contributed by atoms with E-state index in [9.17, 15) is 13.7 Å². The minimum atomic E-state index is -3.88. The Morgan fingerprint density at radius 3 is 2.25 bits per heavy atom. The molecule has 24 heavy (non-hydrogen) atoms. The van der Waals surface area contributed by atoms with Crippen LogP contribution in [-0.2, 0) is 9.84 Å². The molecule has 124 valence electrons. The van der Waals surface area contributed by atoms with Crippen molar-refractivity contribution >= 4 is 27.3 Å². The Labute approximate surface area is 145 Å². The number of sulfone groups is 1. The van der Waals surface area contributed by atoms with Gasteiger partial charge in [0.1, 0.15) is 16.8 Å². The molecule has 0 spiro atoms. The lowest BCUT2D eigenvalue weighted by atomic mass is 10.3. The zero-order valence-corrected chi connectivity index (χ0v) is 14.8. The van der Waals surface area contributed by atoms with Crippen LogP contribution in [-0.4, -0.2) is 21.8 Å². The monoisotopic (exact) mass is 360 g/mol. The quantitative estimate of drug-likeness (QED) is 0.793. The average molecular weight is 360 g/mol. The van der Waals surface area contributed by atoms with Crippen molar-refractivity contribution in [3.63, 3.8) is 0 Å². The molecule has 1 N–H and O–H groups in total. The van der Waals surface area contributed by atoms with Crippen molar-refractivity contribution in [2.45, 2.75) is 4.90 Å². The fourth-order valence-corrected chi connectivity index (χ4v) is 4.15. The Balaban J connectivity index is 2.44. The molecular weight excluding hydrogens is 344 g/mol. The van der Waals surface area contributed by atoms with E-state index in [1.165, 1.54) is 12.1 Å². The summed E-state index contributed by atoms with van der Waals surface area (Å²) in [7, 11) is -2.32. The third-order valence-electron chi connectivity index (χ3n) is 3.18. The van der Waals surface area contributed by atoms with Crippen molar-refractivity contribution in [3.05, 3.63) is 64.5 Å². The molecule has 5 nitrogen and oxygen atoms in total. The molecule has 0 aliphatic rings. The van der Waals surface area contributed by atoms with Crippen molar-refractivity contribution < 1.29 is 13.2 Å². The largest absolute Gasteiger partial charge is 0.497 e. The summed E-state index contributed by atoms with van der Waals surface area (Å²) in [6, 6.07) is 16.7. The zero-order chi connectivity index (χ0) is 17.6. The standard InChI is InChI=1S/C17H16N2O3S2/c1-22-14-10-8-13(9-11-14)19-17(23-2)16(12-18)24(20,21)15-6-4-3-5-7-15/h3-11,19H,1-2H3/b17-16+. The van der Waals surface area contributed by atoms with E-state index in [-0.39, 0.29) is 14.8 Å². The van der Waals surface area contributed by atoms with Crippen LogP contribution in [0.3, 0.4) is 0 Å². The highest BCUT2D eigenvalue weighted by molar-refractivity contribution is 8.04. The molecule has 2 aromatic carbocycles. The van der Waals surface area contributed by atoms with Gasteiger partial charge < -0.3 is 10.1 Å². The molecule has 0 heterocycles. The number of nitrogens with zero attached hydrogens (tertiary/aromatic N) is 1. The van der Waals surface area contributed by atoms with Gasteiger partial charge in [0.25, 0.3) is 0 Å². The first-order chi connectivity index (χ1) is 11.5. The van der Waals surface area contributed by atoms with Gasteiger partial charge in [0, 0.05) is 5.69 Å². The molecule has 0 atom stereocenters. The summed E-state index contributed by atoms with van der Waals surface area (Å²) in [6.45, 7) is 0. The smallest absolute Gasteiger partial charge is 0.219 e. The molecule has 0 saturated carbocycles. The number of hydrogen-bond donors (Lipinski definition) is 1. The number of hydrogen-bond acceptors (Lipinski definition) is 6. The predicted molar refractivity (Wildman–Crippen MR) is 96.4 cm³/mol. The van der Waals surface area contributed by atoms with Crippen LogP contribution in [0.15, 0.2) is 69.4 Å².